The smallest absolute Gasteiger partial charge is 0.414 e. The van der Waals surface area contributed by atoms with Crippen LogP contribution in [0.4, 0.5) is 0 Å². The number of piperidine rings is 1. The summed E-state index contributed by atoms with van der Waals surface area (Å²) >= 11 is 12.4. The van der Waals surface area contributed by atoms with Gasteiger partial charge in [0, 0.05) is 6.54 Å². The number of hydrogen-bond acceptors (Lipinski definition) is 3. The third-order valence-electron chi connectivity index (χ3n) is 4.68. The Hall–Kier alpha value is -2.08. The number of aliphatic carboxylic acids is 2. The van der Waals surface area contributed by atoms with Crippen LogP contribution in [0.3, 0.4) is 0 Å². The first-order valence-electron chi connectivity index (χ1n) is 9.02. The molecule has 0 spiro atoms. The predicted octanol–water partition coefficient (Wildman–Crippen LogP) is 4.60. The molecular weight excluding hydrogens is 401 g/mol. The molecule has 150 valence electrons. The molecule has 1 saturated heterocycles. The minimum absolute atomic E-state index is 0.651. The summed E-state index contributed by atoms with van der Waals surface area (Å²) in [6, 6.07) is 16.7. The standard InChI is InChI=1S/C19H21Cl2N.C2H2O4/c20-18-8-4-7-17(19(18)21)14-22-11-9-16(10-12-22)13-15-5-2-1-3-6-15;3-1(4)2(5)6/h1-8,16H,9-14H2;(H,3,4)(H,5,6). The molecule has 1 aliphatic heterocycles. The molecule has 28 heavy (non-hydrogen) atoms. The number of carboxylic acids is 2. The highest BCUT2D eigenvalue weighted by Gasteiger charge is 2.20. The number of benzene rings is 2. The predicted molar refractivity (Wildman–Crippen MR) is 110 cm³/mol. The Bertz CT molecular complexity index is 778. The van der Waals surface area contributed by atoms with Gasteiger partial charge in [0.1, 0.15) is 0 Å². The zero-order valence-corrected chi connectivity index (χ0v) is 16.9. The lowest BCUT2D eigenvalue weighted by atomic mass is 9.90. The summed E-state index contributed by atoms with van der Waals surface area (Å²) in [5, 5.41) is 16.1. The molecule has 2 N–H and O–H groups in total. The van der Waals surface area contributed by atoms with Crippen LogP contribution in [0, 0.1) is 5.92 Å². The van der Waals surface area contributed by atoms with Crippen LogP contribution in [0.2, 0.25) is 10.0 Å². The van der Waals surface area contributed by atoms with Gasteiger partial charge in [-0.1, -0.05) is 65.7 Å². The number of likely N-dealkylation sites (tertiary alicyclic amines) is 1. The van der Waals surface area contributed by atoms with Crippen molar-refractivity contribution in [1.82, 2.24) is 4.90 Å². The average molecular weight is 424 g/mol. The van der Waals surface area contributed by atoms with Gasteiger partial charge in [0.25, 0.3) is 0 Å². The zero-order chi connectivity index (χ0) is 20.5. The van der Waals surface area contributed by atoms with Crippen molar-refractivity contribution >= 4 is 35.1 Å². The Kier molecular flexibility index (Phi) is 8.77. The van der Waals surface area contributed by atoms with E-state index in [1.165, 1.54) is 24.8 Å². The maximum atomic E-state index is 9.10. The maximum absolute atomic E-state index is 9.10. The van der Waals surface area contributed by atoms with E-state index in [-0.39, 0.29) is 0 Å². The highest BCUT2D eigenvalue weighted by atomic mass is 35.5. The van der Waals surface area contributed by atoms with E-state index in [4.69, 9.17) is 43.0 Å². The molecule has 1 fully saturated rings. The number of carbonyl (C=O) groups is 2. The minimum Gasteiger partial charge on any atom is -0.473 e. The van der Waals surface area contributed by atoms with Crippen molar-refractivity contribution in [2.75, 3.05) is 13.1 Å². The van der Waals surface area contributed by atoms with Gasteiger partial charge in [0.05, 0.1) is 10.0 Å². The van der Waals surface area contributed by atoms with Crippen molar-refractivity contribution in [1.29, 1.82) is 0 Å². The SMILES string of the molecule is Clc1cccc(CN2CCC(Cc3ccccc3)CC2)c1Cl.O=C(O)C(=O)O. The summed E-state index contributed by atoms with van der Waals surface area (Å²) in [7, 11) is 0. The van der Waals surface area contributed by atoms with Gasteiger partial charge in [-0.2, -0.15) is 0 Å². The van der Waals surface area contributed by atoms with E-state index >= 15 is 0 Å². The van der Waals surface area contributed by atoms with Gasteiger partial charge < -0.3 is 10.2 Å². The molecule has 0 amide bonds. The Morgan fingerprint density at radius 3 is 2.11 bits per heavy atom. The van der Waals surface area contributed by atoms with Gasteiger partial charge in [-0.3, -0.25) is 4.90 Å². The Morgan fingerprint density at radius 2 is 1.54 bits per heavy atom. The highest BCUT2D eigenvalue weighted by Crippen LogP contribution is 2.28. The van der Waals surface area contributed by atoms with Crippen LogP contribution < -0.4 is 0 Å². The summed E-state index contributed by atoms with van der Waals surface area (Å²) in [5.41, 5.74) is 2.59. The second-order valence-corrected chi connectivity index (χ2v) is 7.52. The molecule has 1 heterocycles. The van der Waals surface area contributed by atoms with Crippen molar-refractivity contribution in [3.05, 3.63) is 69.7 Å². The van der Waals surface area contributed by atoms with Crippen molar-refractivity contribution in [2.45, 2.75) is 25.8 Å². The molecule has 7 heteroatoms. The maximum Gasteiger partial charge on any atom is 0.414 e. The third kappa shape index (κ3) is 7.15. The topological polar surface area (TPSA) is 77.8 Å². The van der Waals surface area contributed by atoms with Crippen molar-refractivity contribution < 1.29 is 19.8 Å². The quantitative estimate of drug-likeness (QED) is 0.702. The summed E-state index contributed by atoms with van der Waals surface area (Å²) in [4.78, 5) is 20.7. The molecule has 2 aromatic carbocycles. The summed E-state index contributed by atoms with van der Waals surface area (Å²) in [5.74, 6) is -2.85. The molecule has 2 aromatic rings. The van der Waals surface area contributed by atoms with E-state index in [9.17, 15) is 0 Å². The van der Waals surface area contributed by atoms with E-state index in [2.05, 4.69) is 41.3 Å². The fourth-order valence-corrected chi connectivity index (χ4v) is 3.59. The van der Waals surface area contributed by atoms with Gasteiger partial charge in [0.15, 0.2) is 0 Å². The van der Waals surface area contributed by atoms with E-state index in [1.807, 2.05) is 12.1 Å². The molecule has 1 aliphatic rings. The van der Waals surface area contributed by atoms with Gasteiger partial charge in [0.2, 0.25) is 0 Å². The second-order valence-electron chi connectivity index (χ2n) is 6.73. The lowest BCUT2D eigenvalue weighted by Crippen LogP contribution is -2.33. The van der Waals surface area contributed by atoms with Crippen LogP contribution in [0.5, 0.6) is 0 Å². The first-order chi connectivity index (χ1) is 13.4. The van der Waals surface area contributed by atoms with Gasteiger partial charge in [-0.25, -0.2) is 9.59 Å². The molecule has 5 nitrogen and oxygen atoms in total. The van der Waals surface area contributed by atoms with Crippen LogP contribution in [-0.2, 0) is 22.6 Å². The molecule has 0 aromatic heterocycles. The average Bonchev–Trinajstić information content (AvgIpc) is 2.68. The monoisotopic (exact) mass is 423 g/mol. The summed E-state index contributed by atoms with van der Waals surface area (Å²) in [6.07, 6.45) is 3.72. The molecule has 0 radical (unpaired) electrons. The van der Waals surface area contributed by atoms with E-state index in [0.717, 1.165) is 31.1 Å². The Labute approximate surface area is 174 Å². The lowest BCUT2D eigenvalue weighted by Gasteiger charge is -2.32. The molecule has 0 unspecified atom stereocenters. The normalized spacial score (nSPS) is 14.8. The number of rotatable bonds is 4. The number of halogens is 2. The number of hydrogen-bond donors (Lipinski definition) is 2. The van der Waals surface area contributed by atoms with E-state index < -0.39 is 11.9 Å². The molecule has 0 atom stereocenters. The van der Waals surface area contributed by atoms with E-state index in [1.54, 1.807) is 0 Å². The largest absolute Gasteiger partial charge is 0.473 e. The summed E-state index contributed by atoms with van der Waals surface area (Å²) < 4.78 is 0. The first kappa shape index (κ1) is 22.2. The fourth-order valence-electron chi connectivity index (χ4n) is 3.21. The Balaban J connectivity index is 0.000000409. The van der Waals surface area contributed by atoms with E-state index in [0.29, 0.717) is 10.0 Å². The lowest BCUT2D eigenvalue weighted by molar-refractivity contribution is -0.159. The van der Waals surface area contributed by atoms with Gasteiger partial charge in [-0.05, 0) is 55.5 Å². The number of carboxylic acid groups (broad SMARTS) is 2. The fraction of sp³-hybridized carbons (Fsp3) is 0.333. The van der Waals surface area contributed by atoms with Gasteiger partial charge in [-0.15, -0.1) is 0 Å². The number of nitrogens with zero attached hydrogens (tertiary/aromatic N) is 1. The highest BCUT2D eigenvalue weighted by molar-refractivity contribution is 6.42. The molecular formula is C21H23Cl2NO4. The first-order valence-corrected chi connectivity index (χ1v) is 9.77. The van der Waals surface area contributed by atoms with Crippen molar-refractivity contribution in [2.24, 2.45) is 5.92 Å². The van der Waals surface area contributed by atoms with Crippen LogP contribution in [0.1, 0.15) is 24.0 Å². The molecule has 0 saturated carbocycles. The third-order valence-corrected chi connectivity index (χ3v) is 5.54. The second kappa shape index (κ2) is 11.1. The van der Waals surface area contributed by atoms with Gasteiger partial charge >= 0.3 is 11.9 Å². The van der Waals surface area contributed by atoms with Crippen LogP contribution in [0.25, 0.3) is 0 Å². The summed E-state index contributed by atoms with van der Waals surface area (Å²) in [6.45, 7) is 3.18. The van der Waals surface area contributed by atoms with Crippen LogP contribution >= 0.6 is 23.2 Å². The molecule has 0 aliphatic carbocycles. The minimum atomic E-state index is -1.82. The van der Waals surface area contributed by atoms with Crippen molar-refractivity contribution in [3.63, 3.8) is 0 Å². The molecule has 3 rings (SSSR count). The molecule has 0 bridgehead atoms. The zero-order valence-electron chi connectivity index (χ0n) is 15.4. The Morgan fingerprint density at radius 1 is 0.929 bits per heavy atom. The van der Waals surface area contributed by atoms with Crippen molar-refractivity contribution in [3.8, 4) is 0 Å². The van der Waals surface area contributed by atoms with Crippen LogP contribution in [0.15, 0.2) is 48.5 Å². The van der Waals surface area contributed by atoms with Crippen LogP contribution in [-0.4, -0.2) is 40.1 Å².